The fourth-order valence-electron chi connectivity index (χ4n) is 2.72. The number of halogens is 1. The van der Waals surface area contributed by atoms with Crippen LogP contribution in [0.1, 0.15) is 30.0 Å². The number of benzene rings is 2. The lowest BCUT2D eigenvalue weighted by molar-refractivity contribution is -0.120. The highest BCUT2D eigenvalue weighted by Crippen LogP contribution is 2.20. The number of carbonyl (C=O) groups excluding carboxylic acids is 1. The largest absolute Gasteiger partial charge is 0.497 e. The SMILES string of the molecule is CCCOc1cc(C)ccc1CNC(=NC)NCC(=O)NCc1ccc(OC)cc1.I. The van der Waals surface area contributed by atoms with Crippen LogP contribution in [0.5, 0.6) is 11.5 Å². The van der Waals surface area contributed by atoms with Gasteiger partial charge in [0, 0.05) is 25.7 Å². The molecule has 0 fully saturated rings. The predicted octanol–water partition coefficient (Wildman–Crippen LogP) is 3.39. The van der Waals surface area contributed by atoms with Crippen molar-refractivity contribution in [1.29, 1.82) is 0 Å². The Morgan fingerprint density at radius 2 is 1.77 bits per heavy atom. The van der Waals surface area contributed by atoms with Crippen LogP contribution in [0.4, 0.5) is 0 Å². The molecule has 1 amide bonds. The number of methoxy groups -OCH3 is 1. The van der Waals surface area contributed by atoms with Crippen molar-refractivity contribution in [2.75, 3.05) is 27.3 Å². The number of ether oxygens (including phenoxy) is 2. The first-order valence-electron chi connectivity index (χ1n) is 10.1. The Kier molecular flexibility index (Phi) is 12.4. The first kappa shape index (κ1) is 26.5. The minimum atomic E-state index is -0.115. The molecule has 31 heavy (non-hydrogen) atoms. The Labute approximate surface area is 202 Å². The summed E-state index contributed by atoms with van der Waals surface area (Å²) >= 11 is 0. The Bertz CT molecular complexity index is 841. The highest BCUT2D eigenvalue weighted by Gasteiger charge is 2.07. The monoisotopic (exact) mass is 540 g/mol. The van der Waals surface area contributed by atoms with E-state index in [1.165, 1.54) is 0 Å². The molecule has 2 rings (SSSR count). The summed E-state index contributed by atoms with van der Waals surface area (Å²) in [6, 6.07) is 13.7. The standard InChI is InChI=1S/C23H32N4O3.HI/c1-5-12-30-21-13-17(2)6-9-19(21)15-26-23(24-3)27-16-22(28)25-14-18-7-10-20(29-4)11-8-18;/h6-11,13H,5,12,14-16H2,1-4H3,(H,25,28)(H2,24,26,27);1H. The van der Waals surface area contributed by atoms with Crippen molar-refractivity contribution < 1.29 is 14.3 Å². The fourth-order valence-corrected chi connectivity index (χ4v) is 2.72. The highest BCUT2D eigenvalue weighted by molar-refractivity contribution is 14.0. The average Bonchev–Trinajstić information content (AvgIpc) is 2.77. The molecule has 0 saturated carbocycles. The second-order valence-electron chi connectivity index (χ2n) is 6.86. The summed E-state index contributed by atoms with van der Waals surface area (Å²) in [5.74, 6) is 2.10. The molecule has 0 aliphatic heterocycles. The molecule has 0 saturated heterocycles. The van der Waals surface area contributed by atoms with E-state index in [1.807, 2.05) is 43.3 Å². The predicted molar refractivity (Wildman–Crippen MR) is 135 cm³/mol. The molecule has 170 valence electrons. The smallest absolute Gasteiger partial charge is 0.239 e. The van der Waals surface area contributed by atoms with Crippen LogP contribution in [0.15, 0.2) is 47.5 Å². The third-order valence-corrected chi connectivity index (χ3v) is 4.42. The van der Waals surface area contributed by atoms with Gasteiger partial charge in [-0.2, -0.15) is 0 Å². The Morgan fingerprint density at radius 1 is 1.03 bits per heavy atom. The van der Waals surface area contributed by atoms with Crippen molar-refractivity contribution in [2.24, 2.45) is 4.99 Å². The number of amides is 1. The van der Waals surface area contributed by atoms with Crippen molar-refractivity contribution in [2.45, 2.75) is 33.4 Å². The number of nitrogens with one attached hydrogen (secondary N) is 3. The molecule has 0 spiro atoms. The van der Waals surface area contributed by atoms with E-state index in [9.17, 15) is 4.79 Å². The second-order valence-corrected chi connectivity index (χ2v) is 6.86. The molecule has 2 aromatic carbocycles. The van der Waals surface area contributed by atoms with Crippen LogP contribution in [0.3, 0.4) is 0 Å². The van der Waals surface area contributed by atoms with Crippen LogP contribution < -0.4 is 25.4 Å². The van der Waals surface area contributed by atoms with Gasteiger partial charge in [-0.3, -0.25) is 9.79 Å². The summed E-state index contributed by atoms with van der Waals surface area (Å²) in [4.78, 5) is 16.3. The number of aryl methyl sites for hydroxylation is 1. The molecular weight excluding hydrogens is 507 g/mol. The molecule has 0 heterocycles. The maximum Gasteiger partial charge on any atom is 0.239 e. The Balaban J connectivity index is 0.00000480. The summed E-state index contributed by atoms with van der Waals surface area (Å²) in [5.41, 5.74) is 3.20. The molecule has 0 aliphatic rings. The molecule has 0 unspecified atom stereocenters. The van der Waals surface area contributed by atoms with Gasteiger partial charge in [-0.15, -0.1) is 24.0 Å². The third-order valence-electron chi connectivity index (χ3n) is 4.42. The normalized spacial score (nSPS) is 10.6. The first-order chi connectivity index (χ1) is 14.5. The van der Waals surface area contributed by atoms with Gasteiger partial charge in [0.2, 0.25) is 5.91 Å². The zero-order valence-corrected chi connectivity index (χ0v) is 21.0. The van der Waals surface area contributed by atoms with Gasteiger partial charge in [-0.05, 0) is 42.7 Å². The van der Waals surface area contributed by atoms with E-state index in [0.717, 1.165) is 34.6 Å². The summed E-state index contributed by atoms with van der Waals surface area (Å²) in [5, 5.41) is 9.15. The summed E-state index contributed by atoms with van der Waals surface area (Å²) < 4.78 is 11.0. The fraction of sp³-hybridized carbons (Fsp3) is 0.391. The van der Waals surface area contributed by atoms with E-state index in [-0.39, 0.29) is 36.4 Å². The average molecular weight is 540 g/mol. The molecule has 2 aromatic rings. The topological polar surface area (TPSA) is 84.0 Å². The number of hydrogen-bond acceptors (Lipinski definition) is 4. The quantitative estimate of drug-likeness (QED) is 0.245. The van der Waals surface area contributed by atoms with Gasteiger partial charge in [-0.1, -0.05) is 31.2 Å². The van der Waals surface area contributed by atoms with Gasteiger partial charge in [0.05, 0.1) is 20.3 Å². The van der Waals surface area contributed by atoms with Crippen molar-refractivity contribution >= 4 is 35.8 Å². The lowest BCUT2D eigenvalue weighted by Gasteiger charge is -2.15. The maximum absolute atomic E-state index is 12.1. The minimum Gasteiger partial charge on any atom is -0.497 e. The number of guanidine groups is 1. The van der Waals surface area contributed by atoms with Crippen molar-refractivity contribution in [3.8, 4) is 11.5 Å². The first-order valence-corrected chi connectivity index (χ1v) is 10.1. The van der Waals surface area contributed by atoms with E-state index in [0.29, 0.717) is 25.7 Å². The van der Waals surface area contributed by atoms with Gasteiger partial charge < -0.3 is 25.4 Å². The van der Waals surface area contributed by atoms with Gasteiger partial charge in [0.25, 0.3) is 0 Å². The lowest BCUT2D eigenvalue weighted by atomic mass is 10.1. The van der Waals surface area contributed by atoms with E-state index in [1.54, 1.807) is 14.2 Å². The number of nitrogens with zero attached hydrogens (tertiary/aromatic N) is 1. The van der Waals surface area contributed by atoms with E-state index < -0.39 is 0 Å². The minimum absolute atomic E-state index is 0. The highest BCUT2D eigenvalue weighted by atomic mass is 127. The molecule has 0 aliphatic carbocycles. The van der Waals surface area contributed by atoms with Crippen molar-refractivity contribution in [3.05, 3.63) is 59.2 Å². The lowest BCUT2D eigenvalue weighted by Crippen LogP contribution is -2.42. The number of hydrogen-bond donors (Lipinski definition) is 3. The number of carbonyl (C=O) groups is 1. The van der Waals surface area contributed by atoms with E-state index in [4.69, 9.17) is 9.47 Å². The molecular formula is C23H33IN4O3. The second kappa shape index (κ2) is 14.5. The Morgan fingerprint density at radius 3 is 2.42 bits per heavy atom. The summed E-state index contributed by atoms with van der Waals surface area (Å²) in [7, 11) is 3.30. The van der Waals surface area contributed by atoms with Gasteiger partial charge in [0.15, 0.2) is 5.96 Å². The van der Waals surface area contributed by atoms with Gasteiger partial charge in [-0.25, -0.2) is 0 Å². The zero-order valence-electron chi connectivity index (χ0n) is 18.7. The van der Waals surface area contributed by atoms with E-state index >= 15 is 0 Å². The van der Waals surface area contributed by atoms with Crippen LogP contribution >= 0.6 is 24.0 Å². The van der Waals surface area contributed by atoms with E-state index in [2.05, 4.69) is 33.9 Å². The zero-order chi connectivity index (χ0) is 21.8. The molecule has 7 nitrogen and oxygen atoms in total. The van der Waals surface area contributed by atoms with Crippen molar-refractivity contribution in [1.82, 2.24) is 16.0 Å². The molecule has 3 N–H and O–H groups in total. The molecule has 0 aromatic heterocycles. The van der Waals surface area contributed by atoms with Crippen LogP contribution in [0, 0.1) is 6.92 Å². The van der Waals surface area contributed by atoms with Gasteiger partial charge in [0.1, 0.15) is 11.5 Å². The molecule has 0 radical (unpaired) electrons. The Hall–Kier alpha value is -2.49. The van der Waals surface area contributed by atoms with Crippen molar-refractivity contribution in [3.63, 3.8) is 0 Å². The van der Waals surface area contributed by atoms with Crippen LogP contribution in [-0.4, -0.2) is 39.2 Å². The molecule has 8 heteroatoms. The van der Waals surface area contributed by atoms with Gasteiger partial charge >= 0.3 is 0 Å². The summed E-state index contributed by atoms with van der Waals surface area (Å²) in [6.45, 7) is 5.94. The van der Waals surface area contributed by atoms with Crippen LogP contribution in [0.25, 0.3) is 0 Å². The number of aliphatic imine (C=N–C) groups is 1. The molecule has 0 atom stereocenters. The van der Waals surface area contributed by atoms with Crippen LogP contribution in [0.2, 0.25) is 0 Å². The maximum atomic E-state index is 12.1. The molecule has 0 bridgehead atoms. The number of rotatable bonds is 10. The summed E-state index contributed by atoms with van der Waals surface area (Å²) in [6.07, 6.45) is 0.954. The van der Waals surface area contributed by atoms with Crippen LogP contribution in [-0.2, 0) is 17.9 Å². The third kappa shape index (κ3) is 9.46.